The highest BCUT2D eigenvalue weighted by molar-refractivity contribution is 6.02. The van der Waals surface area contributed by atoms with Crippen molar-refractivity contribution in [1.29, 1.82) is 5.26 Å². The molecule has 4 rings (SSSR count). The second-order valence-electron chi connectivity index (χ2n) is 7.07. The van der Waals surface area contributed by atoms with Gasteiger partial charge in [0.15, 0.2) is 5.76 Å². The molecular formula is C23H22N4O2. The van der Waals surface area contributed by atoms with Crippen molar-refractivity contribution in [3.05, 3.63) is 72.0 Å². The number of anilines is 2. The summed E-state index contributed by atoms with van der Waals surface area (Å²) in [5, 5.41) is 15.1. The Labute approximate surface area is 169 Å². The predicted octanol–water partition coefficient (Wildman–Crippen LogP) is 3.87. The molecule has 6 nitrogen and oxygen atoms in total. The van der Waals surface area contributed by atoms with E-state index in [9.17, 15) is 4.79 Å². The largest absolute Gasteiger partial charge is 0.451 e. The molecular weight excluding hydrogens is 364 g/mol. The van der Waals surface area contributed by atoms with Gasteiger partial charge < -0.3 is 20.0 Å². The monoisotopic (exact) mass is 386 g/mol. The van der Waals surface area contributed by atoms with Crippen LogP contribution < -0.4 is 15.5 Å². The third kappa shape index (κ3) is 4.15. The molecule has 1 unspecified atom stereocenters. The van der Waals surface area contributed by atoms with Crippen molar-refractivity contribution in [3.8, 4) is 17.4 Å². The minimum Gasteiger partial charge on any atom is -0.451 e. The Bertz CT molecular complexity index is 1030. The number of benzene rings is 2. The van der Waals surface area contributed by atoms with E-state index in [1.807, 2.05) is 31.3 Å². The SMILES string of the molecule is CNC1CCN(c2ccc(NC(=O)c3ccc(-c4ccc(C#N)cc4)o3)cc2)C1. The lowest BCUT2D eigenvalue weighted by molar-refractivity contribution is 0.0997. The molecule has 1 amide bonds. The zero-order valence-electron chi connectivity index (χ0n) is 16.2. The molecule has 1 aliphatic rings. The summed E-state index contributed by atoms with van der Waals surface area (Å²) in [7, 11) is 1.99. The first-order chi connectivity index (χ1) is 14.2. The van der Waals surface area contributed by atoms with E-state index in [1.54, 1.807) is 36.4 Å². The molecule has 1 fully saturated rings. The van der Waals surface area contributed by atoms with Crippen LogP contribution in [0.1, 0.15) is 22.5 Å². The minimum absolute atomic E-state index is 0.241. The maximum Gasteiger partial charge on any atom is 0.291 e. The van der Waals surface area contributed by atoms with E-state index in [4.69, 9.17) is 9.68 Å². The molecule has 1 aromatic heterocycles. The number of hydrogen-bond donors (Lipinski definition) is 2. The fourth-order valence-corrected chi connectivity index (χ4v) is 3.50. The molecule has 146 valence electrons. The summed E-state index contributed by atoms with van der Waals surface area (Å²) in [6.07, 6.45) is 1.13. The first-order valence-corrected chi connectivity index (χ1v) is 9.60. The number of rotatable bonds is 5. The number of likely N-dealkylation sites (N-methyl/N-ethyl adjacent to an activating group) is 1. The Morgan fingerprint density at radius 2 is 1.86 bits per heavy atom. The maximum absolute atomic E-state index is 12.5. The predicted molar refractivity (Wildman–Crippen MR) is 113 cm³/mol. The van der Waals surface area contributed by atoms with Crippen LogP contribution in [0, 0.1) is 11.3 Å². The molecule has 0 bridgehead atoms. The number of nitriles is 1. The van der Waals surface area contributed by atoms with Crippen LogP contribution in [0.4, 0.5) is 11.4 Å². The first-order valence-electron chi connectivity index (χ1n) is 9.60. The molecule has 0 spiro atoms. The topological polar surface area (TPSA) is 81.3 Å². The van der Waals surface area contributed by atoms with Crippen molar-refractivity contribution in [2.45, 2.75) is 12.5 Å². The molecule has 1 aliphatic heterocycles. The van der Waals surface area contributed by atoms with Crippen LogP contribution in [0.25, 0.3) is 11.3 Å². The molecule has 2 N–H and O–H groups in total. The quantitative estimate of drug-likeness (QED) is 0.696. The normalized spacial score (nSPS) is 15.9. The van der Waals surface area contributed by atoms with Gasteiger partial charge in [0.25, 0.3) is 5.91 Å². The Hall–Kier alpha value is -3.56. The Morgan fingerprint density at radius 1 is 1.10 bits per heavy atom. The molecule has 29 heavy (non-hydrogen) atoms. The molecule has 0 saturated carbocycles. The van der Waals surface area contributed by atoms with E-state index in [-0.39, 0.29) is 11.7 Å². The fraction of sp³-hybridized carbons (Fsp3) is 0.217. The van der Waals surface area contributed by atoms with Crippen molar-refractivity contribution in [1.82, 2.24) is 5.32 Å². The van der Waals surface area contributed by atoms with Crippen molar-refractivity contribution < 1.29 is 9.21 Å². The maximum atomic E-state index is 12.5. The van der Waals surface area contributed by atoms with Crippen LogP contribution in [0.5, 0.6) is 0 Å². The van der Waals surface area contributed by atoms with E-state index >= 15 is 0 Å². The lowest BCUT2D eigenvalue weighted by Crippen LogP contribution is -2.29. The highest BCUT2D eigenvalue weighted by atomic mass is 16.3. The number of carbonyl (C=O) groups is 1. The van der Waals surface area contributed by atoms with Gasteiger partial charge in [0.1, 0.15) is 5.76 Å². The zero-order valence-corrected chi connectivity index (χ0v) is 16.2. The zero-order chi connectivity index (χ0) is 20.2. The van der Waals surface area contributed by atoms with Gasteiger partial charge >= 0.3 is 0 Å². The van der Waals surface area contributed by atoms with Crippen LogP contribution >= 0.6 is 0 Å². The summed E-state index contributed by atoms with van der Waals surface area (Å²) in [6, 6.07) is 20.9. The molecule has 3 aromatic rings. The summed E-state index contributed by atoms with van der Waals surface area (Å²) in [5.41, 5.74) is 3.27. The van der Waals surface area contributed by atoms with Gasteiger partial charge in [0, 0.05) is 36.1 Å². The van der Waals surface area contributed by atoms with Gasteiger partial charge in [-0.25, -0.2) is 0 Å². The highest BCUT2D eigenvalue weighted by Gasteiger charge is 2.21. The highest BCUT2D eigenvalue weighted by Crippen LogP contribution is 2.25. The van der Waals surface area contributed by atoms with Gasteiger partial charge in [0.2, 0.25) is 0 Å². The van der Waals surface area contributed by atoms with Gasteiger partial charge in [-0.15, -0.1) is 0 Å². The number of hydrogen-bond acceptors (Lipinski definition) is 5. The number of nitrogens with one attached hydrogen (secondary N) is 2. The fourth-order valence-electron chi connectivity index (χ4n) is 3.50. The Morgan fingerprint density at radius 3 is 2.52 bits per heavy atom. The van der Waals surface area contributed by atoms with Crippen LogP contribution in [0.3, 0.4) is 0 Å². The number of carbonyl (C=O) groups excluding carboxylic acids is 1. The average Bonchev–Trinajstić information content (AvgIpc) is 3.44. The van der Waals surface area contributed by atoms with Gasteiger partial charge in [-0.1, -0.05) is 0 Å². The van der Waals surface area contributed by atoms with Gasteiger partial charge in [-0.05, 0) is 74.1 Å². The first kappa shape index (κ1) is 18.8. The summed E-state index contributed by atoms with van der Waals surface area (Å²) in [5.74, 6) is 0.530. The Balaban J connectivity index is 1.40. The van der Waals surface area contributed by atoms with E-state index in [0.29, 0.717) is 17.4 Å². The second-order valence-corrected chi connectivity index (χ2v) is 7.07. The van der Waals surface area contributed by atoms with E-state index in [1.165, 1.54) is 0 Å². The molecule has 0 radical (unpaired) electrons. The van der Waals surface area contributed by atoms with Crippen LogP contribution in [-0.4, -0.2) is 32.1 Å². The van der Waals surface area contributed by atoms with Crippen molar-refractivity contribution >= 4 is 17.3 Å². The lowest BCUT2D eigenvalue weighted by Gasteiger charge is -2.19. The van der Waals surface area contributed by atoms with Gasteiger partial charge in [0.05, 0.1) is 11.6 Å². The summed E-state index contributed by atoms with van der Waals surface area (Å²) in [4.78, 5) is 14.9. The van der Waals surface area contributed by atoms with Crippen molar-refractivity contribution in [3.63, 3.8) is 0 Å². The van der Waals surface area contributed by atoms with Crippen LogP contribution in [0.15, 0.2) is 65.1 Å². The smallest absolute Gasteiger partial charge is 0.291 e. The molecule has 1 atom stereocenters. The van der Waals surface area contributed by atoms with Crippen molar-refractivity contribution in [2.24, 2.45) is 0 Å². The molecule has 6 heteroatoms. The lowest BCUT2D eigenvalue weighted by atomic mass is 10.1. The van der Waals surface area contributed by atoms with E-state index < -0.39 is 0 Å². The van der Waals surface area contributed by atoms with E-state index in [2.05, 4.69) is 21.6 Å². The third-order valence-corrected chi connectivity index (χ3v) is 5.22. The van der Waals surface area contributed by atoms with Crippen LogP contribution in [0.2, 0.25) is 0 Å². The summed E-state index contributed by atoms with van der Waals surface area (Å²) < 4.78 is 5.70. The number of furan rings is 1. The molecule has 1 saturated heterocycles. The minimum atomic E-state index is -0.297. The van der Waals surface area contributed by atoms with E-state index in [0.717, 1.165) is 36.4 Å². The summed E-state index contributed by atoms with van der Waals surface area (Å²) in [6.45, 7) is 2.02. The average molecular weight is 386 g/mol. The molecule has 2 heterocycles. The van der Waals surface area contributed by atoms with Gasteiger partial charge in [-0.2, -0.15) is 5.26 Å². The third-order valence-electron chi connectivity index (χ3n) is 5.22. The number of nitrogens with zero attached hydrogens (tertiary/aromatic N) is 2. The van der Waals surface area contributed by atoms with Crippen LogP contribution in [-0.2, 0) is 0 Å². The summed E-state index contributed by atoms with van der Waals surface area (Å²) >= 11 is 0. The molecule has 2 aromatic carbocycles. The Kier molecular flexibility index (Phi) is 5.32. The standard InChI is InChI=1S/C23H22N4O2/c1-25-19-12-13-27(15-19)20-8-6-18(7-9-20)26-23(28)22-11-10-21(29-22)17-4-2-16(14-24)3-5-17/h2-11,19,25H,12-13,15H2,1H3,(H,26,28). The second kappa shape index (κ2) is 8.21. The van der Waals surface area contributed by atoms with Crippen molar-refractivity contribution in [2.75, 3.05) is 30.4 Å². The molecule has 0 aliphatic carbocycles. The number of amides is 1. The van der Waals surface area contributed by atoms with Gasteiger partial charge in [-0.3, -0.25) is 4.79 Å².